The third-order valence-electron chi connectivity index (χ3n) is 6.94. The van der Waals surface area contributed by atoms with E-state index in [1.807, 2.05) is 6.92 Å². The van der Waals surface area contributed by atoms with Crippen LogP contribution in [0.25, 0.3) is 11.3 Å². The van der Waals surface area contributed by atoms with Crippen LogP contribution in [0.3, 0.4) is 0 Å². The molecule has 3 aliphatic rings. The number of methoxy groups -OCH3 is 1. The van der Waals surface area contributed by atoms with Crippen LogP contribution >= 0.6 is 0 Å². The molecule has 0 radical (unpaired) electrons. The highest BCUT2D eigenvalue weighted by Gasteiger charge is 2.40. The molecule has 39 heavy (non-hydrogen) atoms. The summed E-state index contributed by atoms with van der Waals surface area (Å²) in [7, 11) is 1.51. The molecule has 0 saturated carbocycles. The molecular weight excluding hydrogens is 513 g/mol. The lowest BCUT2D eigenvalue weighted by Crippen LogP contribution is -2.42. The largest absolute Gasteiger partial charge is 0.481 e. The minimum absolute atomic E-state index is 0.0266. The second kappa shape index (κ2) is 10.6. The van der Waals surface area contributed by atoms with Crippen LogP contribution in [0.4, 0.5) is 13.2 Å². The van der Waals surface area contributed by atoms with Gasteiger partial charge >= 0.3 is 0 Å². The number of nitrogens with one attached hydrogen (secondary N) is 1. The van der Waals surface area contributed by atoms with Gasteiger partial charge in [0.15, 0.2) is 12.4 Å². The molecule has 4 heterocycles. The molecule has 5 rings (SSSR count). The second-order valence-corrected chi connectivity index (χ2v) is 9.80. The van der Waals surface area contributed by atoms with Crippen molar-refractivity contribution < 1.29 is 27.5 Å². The van der Waals surface area contributed by atoms with E-state index in [0.717, 1.165) is 27.2 Å². The van der Waals surface area contributed by atoms with Gasteiger partial charge in [-0.15, -0.1) is 0 Å². The molecule has 1 amide bonds. The summed E-state index contributed by atoms with van der Waals surface area (Å²) >= 11 is 0. The summed E-state index contributed by atoms with van der Waals surface area (Å²) in [5.74, 6) is 3.02. The first kappa shape index (κ1) is 26.5. The summed E-state index contributed by atoms with van der Waals surface area (Å²) in [6.07, 6.45) is 1.95. The summed E-state index contributed by atoms with van der Waals surface area (Å²) in [5.41, 5.74) is 4.50. The highest BCUT2D eigenvalue weighted by atomic mass is 19.3. The summed E-state index contributed by atoms with van der Waals surface area (Å²) in [5, 5.41) is 9.16. The van der Waals surface area contributed by atoms with Crippen molar-refractivity contribution in [1.29, 1.82) is 0 Å². The number of halogens is 3. The normalized spacial score (nSPS) is 21.4. The number of pyridine rings is 1. The van der Waals surface area contributed by atoms with E-state index in [-0.39, 0.29) is 19.0 Å². The number of amidine groups is 1. The van der Waals surface area contributed by atoms with Gasteiger partial charge in [-0.05, 0) is 48.3 Å². The highest BCUT2D eigenvalue weighted by Crippen LogP contribution is 2.38. The molecule has 1 aromatic carbocycles. The number of carbonyl (C=O) groups is 1. The fourth-order valence-corrected chi connectivity index (χ4v) is 5.18. The van der Waals surface area contributed by atoms with Gasteiger partial charge in [0.05, 0.1) is 31.9 Å². The highest BCUT2D eigenvalue weighted by molar-refractivity contribution is 6.04. The summed E-state index contributed by atoms with van der Waals surface area (Å²) in [6.45, 7) is 1.19. The lowest BCUT2D eigenvalue weighted by Gasteiger charge is -2.35. The summed E-state index contributed by atoms with van der Waals surface area (Å²) in [4.78, 5) is 23.4. The molecule has 2 aromatic rings. The van der Waals surface area contributed by atoms with Crippen molar-refractivity contribution >= 4 is 11.7 Å². The van der Waals surface area contributed by atoms with E-state index in [1.165, 1.54) is 19.2 Å². The van der Waals surface area contributed by atoms with Crippen molar-refractivity contribution in [3.05, 3.63) is 70.7 Å². The van der Waals surface area contributed by atoms with Crippen molar-refractivity contribution in [1.82, 2.24) is 20.2 Å². The Morgan fingerprint density at radius 1 is 1.31 bits per heavy atom. The molecule has 9 nitrogen and oxygen atoms in total. The number of aromatic nitrogens is 1. The quantitative estimate of drug-likeness (QED) is 0.425. The molecule has 12 heteroatoms. The first-order valence-corrected chi connectivity index (χ1v) is 12.5. The van der Waals surface area contributed by atoms with Gasteiger partial charge in [-0.25, -0.2) is 24.0 Å². The van der Waals surface area contributed by atoms with Crippen LogP contribution in [0.2, 0.25) is 0 Å². The van der Waals surface area contributed by atoms with E-state index in [1.54, 1.807) is 35.5 Å². The zero-order valence-electron chi connectivity index (χ0n) is 21.6. The zero-order chi connectivity index (χ0) is 27.7. The molecule has 1 atom stereocenters. The molecule has 206 valence electrons. The van der Waals surface area contributed by atoms with Gasteiger partial charge in [-0.3, -0.25) is 4.79 Å². The molecule has 3 aliphatic heterocycles. The molecule has 0 bridgehead atoms. The van der Waals surface area contributed by atoms with E-state index in [4.69, 9.17) is 15.4 Å². The van der Waals surface area contributed by atoms with Crippen LogP contribution in [0.1, 0.15) is 31.4 Å². The van der Waals surface area contributed by atoms with E-state index >= 15 is 0 Å². The van der Waals surface area contributed by atoms with E-state index in [0.29, 0.717) is 35.9 Å². The number of likely N-dealkylation sites (tertiary alicyclic amines) is 1. The molecule has 0 aliphatic carbocycles. The number of benzene rings is 1. The molecular formula is C27H29F3N6O3. The fourth-order valence-electron chi connectivity index (χ4n) is 5.18. The molecule has 1 fully saturated rings. The standard InChI is InChI=1S/C27H29F3N6O3/c1-16-12-36(31)13-17-10-22(19-7-6-18(28)11-20(19)21-4-3-5-23(32-21)38-2)33-26(25(16)17)34-39-14-24(37)35-9-8-27(29,30)15-35/h3-7,11-12,22H,8-10,13-15,31H2,1-2H3,(H,33,34). The maximum Gasteiger partial charge on any atom is 0.267 e. The topological polar surface area (TPSA) is 105 Å². The Morgan fingerprint density at radius 3 is 2.87 bits per heavy atom. The minimum Gasteiger partial charge on any atom is -0.481 e. The Bertz CT molecular complexity index is 1380. The monoisotopic (exact) mass is 542 g/mol. The number of nitrogens with zero attached hydrogens (tertiary/aromatic N) is 4. The lowest BCUT2D eigenvalue weighted by molar-refractivity contribution is -0.136. The number of alkyl halides is 2. The molecule has 1 aromatic heterocycles. The van der Waals surface area contributed by atoms with Gasteiger partial charge in [0.2, 0.25) is 5.88 Å². The second-order valence-electron chi connectivity index (χ2n) is 9.80. The number of hydrogen-bond donors (Lipinski definition) is 2. The van der Waals surface area contributed by atoms with Gasteiger partial charge < -0.3 is 24.8 Å². The van der Waals surface area contributed by atoms with Gasteiger partial charge in [-0.1, -0.05) is 17.3 Å². The maximum atomic E-state index is 14.4. The van der Waals surface area contributed by atoms with Crippen LogP contribution in [-0.2, 0) is 9.63 Å². The van der Waals surface area contributed by atoms with Gasteiger partial charge in [-0.2, -0.15) is 0 Å². The van der Waals surface area contributed by atoms with Crippen molar-refractivity contribution in [3.8, 4) is 17.1 Å². The average Bonchev–Trinajstić information content (AvgIpc) is 3.27. The Morgan fingerprint density at radius 2 is 2.13 bits per heavy atom. The number of amides is 1. The van der Waals surface area contributed by atoms with Crippen LogP contribution in [0, 0.1) is 5.82 Å². The Balaban J connectivity index is 1.45. The van der Waals surface area contributed by atoms with Crippen molar-refractivity contribution in [3.63, 3.8) is 0 Å². The van der Waals surface area contributed by atoms with Gasteiger partial charge in [0, 0.05) is 36.4 Å². The molecule has 1 saturated heterocycles. The smallest absolute Gasteiger partial charge is 0.267 e. The van der Waals surface area contributed by atoms with Gasteiger partial charge in [0.25, 0.3) is 11.8 Å². The Hall–Kier alpha value is -4.06. The number of ether oxygens (including phenoxy) is 1. The van der Waals surface area contributed by atoms with E-state index < -0.39 is 30.8 Å². The minimum atomic E-state index is -2.89. The fraction of sp³-hybridized carbons (Fsp3) is 0.370. The third-order valence-corrected chi connectivity index (χ3v) is 6.94. The number of rotatable bonds is 6. The Labute approximate surface area is 223 Å². The van der Waals surface area contributed by atoms with Crippen LogP contribution in [-0.4, -0.2) is 65.9 Å². The predicted octanol–water partition coefficient (Wildman–Crippen LogP) is 3.52. The first-order valence-electron chi connectivity index (χ1n) is 12.5. The first-order chi connectivity index (χ1) is 18.6. The van der Waals surface area contributed by atoms with E-state index in [9.17, 15) is 18.0 Å². The molecule has 1 unspecified atom stereocenters. The van der Waals surface area contributed by atoms with Crippen LogP contribution in [0.15, 0.2) is 64.5 Å². The van der Waals surface area contributed by atoms with Crippen LogP contribution in [0.5, 0.6) is 5.88 Å². The maximum absolute atomic E-state index is 14.4. The van der Waals surface area contributed by atoms with Gasteiger partial charge in [0.1, 0.15) is 5.82 Å². The number of oxime groups is 1. The number of hydrazine groups is 1. The van der Waals surface area contributed by atoms with E-state index in [2.05, 4.69) is 15.5 Å². The lowest BCUT2D eigenvalue weighted by atomic mass is 9.85. The number of nitrogens with two attached hydrogens (primary N) is 1. The third kappa shape index (κ3) is 5.70. The number of carbonyl (C=O) groups excluding carboxylic acids is 1. The number of hydrogen-bond acceptors (Lipinski definition) is 7. The SMILES string of the molecule is COc1cccc(-c2cc(F)ccc2C2CC3=C(C(C)=CN(N)C3)/C(=N/OCC(=O)N3CCC(F)(F)C3)N2)n1. The summed E-state index contributed by atoms with van der Waals surface area (Å²) in [6, 6.07) is 9.39. The zero-order valence-corrected chi connectivity index (χ0v) is 21.6. The van der Waals surface area contributed by atoms with Crippen molar-refractivity contribution in [2.24, 2.45) is 11.0 Å². The molecule has 3 N–H and O–H groups in total. The molecule has 0 spiro atoms. The van der Waals surface area contributed by atoms with Crippen molar-refractivity contribution in [2.45, 2.75) is 31.7 Å². The Kier molecular flexibility index (Phi) is 7.21. The average molecular weight is 543 g/mol. The van der Waals surface area contributed by atoms with Crippen LogP contribution < -0.4 is 15.9 Å². The summed E-state index contributed by atoms with van der Waals surface area (Å²) < 4.78 is 46.7. The van der Waals surface area contributed by atoms with Crippen molar-refractivity contribution in [2.75, 3.05) is 33.4 Å². The predicted molar refractivity (Wildman–Crippen MR) is 138 cm³/mol.